The van der Waals surface area contributed by atoms with Crippen molar-refractivity contribution in [2.24, 2.45) is 0 Å². The Hall–Kier alpha value is -3.68. The summed E-state index contributed by atoms with van der Waals surface area (Å²) in [6, 6.07) is 14.4. The molecule has 0 spiro atoms. The van der Waals surface area contributed by atoms with E-state index in [0.29, 0.717) is 29.5 Å². The summed E-state index contributed by atoms with van der Waals surface area (Å²) >= 11 is 0. The van der Waals surface area contributed by atoms with E-state index in [2.05, 4.69) is 20.8 Å². The largest absolute Gasteiger partial charge is 0.493 e. The lowest BCUT2D eigenvalue weighted by Gasteiger charge is -2.10. The second-order valence-corrected chi connectivity index (χ2v) is 5.81. The lowest BCUT2D eigenvalue weighted by atomic mass is 10.2. The predicted octanol–water partition coefficient (Wildman–Crippen LogP) is 3.31. The molecule has 2 aromatic carbocycles. The molecule has 0 atom stereocenters. The molecule has 0 aliphatic carbocycles. The van der Waals surface area contributed by atoms with Crippen molar-refractivity contribution < 1.29 is 18.7 Å². The first-order chi connectivity index (χ1) is 13.6. The van der Waals surface area contributed by atoms with Crippen molar-refractivity contribution in [1.82, 2.24) is 15.5 Å². The standard InChI is InChI=1S/C20H19FN4O3/c1-27-17-9-3-13(11-18(17)28-2)12-22-20(26)16-8-10-19(25-24-16)23-15-6-4-14(21)5-7-15/h3-11H,12H2,1-2H3,(H,22,26)(H,23,25). The van der Waals surface area contributed by atoms with E-state index in [1.807, 2.05) is 6.07 Å². The fourth-order valence-corrected chi connectivity index (χ4v) is 2.46. The van der Waals surface area contributed by atoms with E-state index >= 15 is 0 Å². The van der Waals surface area contributed by atoms with E-state index in [0.717, 1.165) is 5.56 Å². The highest BCUT2D eigenvalue weighted by molar-refractivity contribution is 5.92. The van der Waals surface area contributed by atoms with Gasteiger partial charge >= 0.3 is 0 Å². The van der Waals surface area contributed by atoms with Crippen LogP contribution in [0.4, 0.5) is 15.9 Å². The minimum Gasteiger partial charge on any atom is -0.493 e. The number of halogens is 1. The number of hydrogen-bond donors (Lipinski definition) is 2. The van der Waals surface area contributed by atoms with Gasteiger partial charge in [-0.15, -0.1) is 10.2 Å². The smallest absolute Gasteiger partial charge is 0.272 e. The first kappa shape index (κ1) is 19.1. The van der Waals surface area contributed by atoms with E-state index in [4.69, 9.17) is 9.47 Å². The van der Waals surface area contributed by atoms with Crippen LogP contribution in [-0.2, 0) is 6.54 Å². The zero-order valence-electron chi connectivity index (χ0n) is 15.4. The van der Waals surface area contributed by atoms with E-state index in [9.17, 15) is 9.18 Å². The summed E-state index contributed by atoms with van der Waals surface area (Å²) in [4.78, 5) is 12.3. The van der Waals surface area contributed by atoms with Crippen LogP contribution in [-0.4, -0.2) is 30.3 Å². The molecular formula is C20H19FN4O3. The fourth-order valence-electron chi connectivity index (χ4n) is 2.46. The maximum atomic E-state index is 12.9. The molecule has 0 unspecified atom stereocenters. The SMILES string of the molecule is COc1ccc(CNC(=O)c2ccc(Nc3ccc(F)cc3)nn2)cc1OC. The quantitative estimate of drug-likeness (QED) is 0.652. The van der Waals surface area contributed by atoms with E-state index in [1.165, 1.54) is 12.1 Å². The number of carbonyl (C=O) groups excluding carboxylic acids is 1. The van der Waals surface area contributed by atoms with Gasteiger partial charge in [0.25, 0.3) is 5.91 Å². The van der Waals surface area contributed by atoms with Crippen molar-refractivity contribution in [2.75, 3.05) is 19.5 Å². The summed E-state index contributed by atoms with van der Waals surface area (Å²) in [7, 11) is 3.11. The molecule has 1 amide bonds. The Morgan fingerprint density at radius 3 is 2.36 bits per heavy atom. The first-order valence-electron chi connectivity index (χ1n) is 8.44. The summed E-state index contributed by atoms with van der Waals surface area (Å²) in [6.45, 7) is 0.302. The summed E-state index contributed by atoms with van der Waals surface area (Å²) in [5, 5.41) is 13.7. The third kappa shape index (κ3) is 4.73. The van der Waals surface area contributed by atoms with Crippen LogP contribution in [0.3, 0.4) is 0 Å². The van der Waals surface area contributed by atoms with Crippen LogP contribution in [0.1, 0.15) is 16.1 Å². The van der Waals surface area contributed by atoms with Gasteiger partial charge in [0.15, 0.2) is 23.0 Å². The van der Waals surface area contributed by atoms with E-state index < -0.39 is 0 Å². The molecule has 144 valence electrons. The van der Waals surface area contributed by atoms with Gasteiger partial charge < -0.3 is 20.1 Å². The molecular weight excluding hydrogens is 363 g/mol. The Labute approximate surface area is 161 Å². The number of nitrogens with zero attached hydrogens (tertiary/aromatic N) is 2. The van der Waals surface area contributed by atoms with E-state index in [1.54, 1.807) is 50.6 Å². The summed E-state index contributed by atoms with van der Waals surface area (Å²) in [6.07, 6.45) is 0. The Bertz CT molecular complexity index is 947. The fraction of sp³-hybridized carbons (Fsp3) is 0.150. The molecule has 8 heteroatoms. The van der Waals surface area contributed by atoms with Crippen LogP contribution in [0.15, 0.2) is 54.6 Å². The number of benzene rings is 2. The molecule has 0 aliphatic rings. The number of hydrogen-bond acceptors (Lipinski definition) is 6. The number of aromatic nitrogens is 2. The van der Waals surface area contributed by atoms with Gasteiger partial charge in [0, 0.05) is 12.2 Å². The molecule has 1 aromatic heterocycles. The highest BCUT2D eigenvalue weighted by Crippen LogP contribution is 2.27. The van der Waals surface area contributed by atoms with Gasteiger partial charge in [0.05, 0.1) is 14.2 Å². The average Bonchev–Trinajstić information content (AvgIpc) is 2.74. The van der Waals surface area contributed by atoms with Crippen molar-refractivity contribution in [3.8, 4) is 11.5 Å². The Kier molecular flexibility index (Phi) is 6.01. The molecule has 28 heavy (non-hydrogen) atoms. The van der Waals surface area contributed by atoms with Gasteiger partial charge in [-0.1, -0.05) is 6.07 Å². The Morgan fingerprint density at radius 1 is 0.964 bits per heavy atom. The highest BCUT2D eigenvalue weighted by atomic mass is 19.1. The lowest BCUT2D eigenvalue weighted by Crippen LogP contribution is -2.24. The molecule has 7 nitrogen and oxygen atoms in total. The van der Waals surface area contributed by atoms with Gasteiger partial charge in [0.1, 0.15) is 5.82 Å². The van der Waals surface area contributed by atoms with Crippen molar-refractivity contribution in [1.29, 1.82) is 0 Å². The Morgan fingerprint density at radius 2 is 1.71 bits per heavy atom. The topological polar surface area (TPSA) is 85.4 Å². The summed E-state index contributed by atoms with van der Waals surface area (Å²) in [5.41, 5.74) is 1.71. The summed E-state index contributed by atoms with van der Waals surface area (Å²) in [5.74, 6) is 0.981. The molecule has 0 aliphatic heterocycles. The minimum atomic E-state index is -0.351. The van der Waals surface area contributed by atoms with Crippen LogP contribution in [0.5, 0.6) is 11.5 Å². The molecule has 0 radical (unpaired) electrons. The summed E-state index contributed by atoms with van der Waals surface area (Å²) < 4.78 is 23.4. The number of nitrogens with one attached hydrogen (secondary N) is 2. The number of rotatable bonds is 7. The van der Waals surface area contributed by atoms with Crippen LogP contribution < -0.4 is 20.1 Å². The van der Waals surface area contributed by atoms with Gasteiger partial charge in [-0.3, -0.25) is 4.79 Å². The molecule has 2 N–H and O–H groups in total. The molecule has 3 aromatic rings. The molecule has 0 saturated carbocycles. The minimum absolute atomic E-state index is 0.185. The number of amides is 1. The van der Waals surface area contributed by atoms with E-state index in [-0.39, 0.29) is 17.4 Å². The maximum Gasteiger partial charge on any atom is 0.272 e. The zero-order valence-corrected chi connectivity index (χ0v) is 15.4. The second-order valence-electron chi connectivity index (χ2n) is 5.81. The second kappa shape index (κ2) is 8.81. The van der Waals surface area contributed by atoms with Gasteiger partial charge in [-0.2, -0.15) is 0 Å². The zero-order chi connectivity index (χ0) is 19.9. The lowest BCUT2D eigenvalue weighted by molar-refractivity contribution is 0.0945. The van der Waals surface area contributed by atoms with Crippen LogP contribution in [0, 0.1) is 5.82 Å². The molecule has 3 rings (SSSR count). The van der Waals surface area contributed by atoms with Crippen molar-refractivity contribution in [3.63, 3.8) is 0 Å². The maximum absolute atomic E-state index is 12.9. The number of ether oxygens (including phenoxy) is 2. The van der Waals surface area contributed by atoms with Crippen molar-refractivity contribution >= 4 is 17.4 Å². The molecule has 0 fully saturated rings. The molecule has 0 bridgehead atoms. The average molecular weight is 382 g/mol. The van der Waals surface area contributed by atoms with Crippen LogP contribution >= 0.6 is 0 Å². The van der Waals surface area contributed by atoms with Crippen LogP contribution in [0.25, 0.3) is 0 Å². The predicted molar refractivity (Wildman–Crippen MR) is 102 cm³/mol. The normalized spacial score (nSPS) is 10.2. The monoisotopic (exact) mass is 382 g/mol. The van der Waals surface area contributed by atoms with Crippen LogP contribution in [0.2, 0.25) is 0 Å². The van der Waals surface area contributed by atoms with Gasteiger partial charge in [0.2, 0.25) is 0 Å². The Balaban J connectivity index is 1.59. The van der Waals surface area contributed by atoms with Gasteiger partial charge in [-0.05, 0) is 54.1 Å². The van der Waals surface area contributed by atoms with Crippen molar-refractivity contribution in [3.05, 3.63) is 71.7 Å². The van der Waals surface area contributed by atoms with Gasteiger partial charge in [-0.25, -0.2) is 4.39 Å². The van der Waals surface area contributed by atoms with Crippen molar-refractivity contribution in [2.45, 2.75) is 6.54 Å². The third-order valence-corrected chi connectivity index (χ3v) is 3.91. The number of anilines is 2. The highest BCUT2D eigenvalue weighted by Gasteiger charge is 2.10. The third-order valence-electron chi connectivity index (χ3n) is 3.91. The number of methoxy groups -OCH3 is 2. The molecule has 0 saturated heterocycles. The number of carbonyl (C=O) groups is 1. The molecule has 1 heterocycles. The first-order valence-corrected chi connectivity index (χ1v) is 8.44.